The molecule has 0 fully saturated rings. The highest BCUT2D eigenvalue weighted by molar-refractivity contribution is 5.99. The second-order valence-corrected chi connectivity index (χ2v) is 16.0. The van der Waals surface area contributed by atoms with E-state index in [4.69, 9.17) is 9.97 Å². The van der Waals surface area contributed by atoms with Crippen LogP contribution in [0.1, 0.15) is 22.3 Å². The quantitative estimate of drug-likeness (QED) is 0.168. The number of hydrogen-bond acceptors (Lipinski definition) is 2. The number of nitrogens with zero attached hydrogens (tertiary/aromatic N) is 2. The highest BCUT2D eigenvalue weighted by Gasteiger charge is 2.51. The monoisotopic (exact) mass is 774 g/mol. The molecule has 0 saturated heterocycles. The number of fused-ring (bicyclic) bond motifs is 10. The van der Waals surface area contributed by atoms with Crippen LogP contribution in [0, 0.1) is 0 Å². The molecule has 1 heterocycles. The van der Waals surface area contributed by atoms with Gasteiger partial charge >= 0.3 is 0 Å². The van der Waals surface area contributed by atoms with Gasteiger partial charge in [-0.1, -0.05) is 206 Å². The zero-order valence-corrected chi connectivity index (χ0v) is 33.3. The Bertz CT molecular complexity index is 3230. The van der Waals surface area contributed by atoms with Gasteiger partial charge in [-0.15, -0.1) is 0 Å². The topological polar surface area (TPSA) is 25.8 Å². The van der Waals surface area contributed by atoms with E-state index in [1.54, 1.807) is 0 Å². The Balaban J connectivity index is 1.03. The average molecular weight is 775 g/mol. The van der Waals surface area contributed by atoms with Crippen molar-refractivity contribution in [2.24, 2.45) is 0 Å². The first-order valence-electron chi connectivity index (χ1n) is 21.0. The fourth-order valence-electron chi connectivity index (χ4n) is 10.0. The van der Waals surface area contributed by atoms with Gasteiger partial charge in [-0.2, -0.15) is 0 Å². The van der Waals surface area contributed by atoms with Gasteiger partial charge in [0.1, 0.15) is 0 Å². The summed E-state index contributed by atoms with van der Waals surface area (Å²) in [7, 11) is 0. The van der Waals surface area contributed by atoms with Crippen LogP contribution in [0.3, 0.4) is 0 Å². The van der Waals surface area contributed by atoms with Gasteiger partial charge in [0.25, 0.3) is 0 Å². The lowest BCUT2D eigenvalue weighted by molar-refractivity contribution is 0.794. The van der Waals surface area contributed by atoms with Crippen molar-refractivity contribution in [3.63, 3.8) is 0 Å². The maximum Gasteiger partial charge on any atom is 0.160 e. The maximum atomic E-state index is 5.25. The van der Waals surface area contributed by atoms with E-state index in [-0.39, 0.29) is 0 Å². The molecule has 0 radical (unpaired) electrons. The summed E-state index contributed by atoms with van der Waals surface area (Å²) in [5, 5.41) is 0. The predicted molar refractivity (Wildman–Crippen MR) is 251 cm³/mol. The van der Waals surface area contributed by atoms with Crippen molar-refractivity contribution in [2.45, 2.75) is 5.41 Å². The van der Waals surface area contributed by atoms with Gasteiger partial charge in [-0.3, -0.25) is 0 Å². The molecule has 0 saturated carbocycles. The minimum absolute atomic E-state index is 0.428. The highest BCUT2D eigenvalue weighted by atomic mass is 14.9. The van der Waals surface area contributed by atoms with Gasteiger partial charge in [-0.25, -0.2) is 9.97 Å². The molecule has 0 bridgehead atoms. The number of benzene rings is 9. The summed E-state index contributed by atoms with van der Waals surface area (Å²) in [5.41, 5.74) is 22.0. The fraction of sp³-hybridized carbons (Fsp3) is 0.0169. The lowest BCUT2D eigenvalue weighted by Gasteiger charge is -2.31. The van der Waals surface area contributed by atoms with Crippen LogP contribution >= 0.6 is 0 Å². The van der Waals surface area contributed by atoms with Crippen LogP contribution < -0.4 is 0 Å². The van der Waals surface area contributed by atoms with E-state index in [0.717, 1.165) is 39.2 Å². The third kappa shape index (κ3) is 5.57. The molecule has 2 heteroatoms. The van der Waals surface area contributed by atoms with Gasteiger partial charge in [0.05, 0.1) is 16.8 Å². The van der Waals surface area contributed by atoms with Crippen molar-refractivity contribution in [3.8, 4) is 89.5 Å². The minimum atomic E-state index is -0.428. The summed E-state index contributed by atoms with van der Waals surface area (Å²) < 4.78 is 0. The molecule has 12 rings (SSSR count). The summed E-state index contributed by atoms with van der Waals surface area (Å²) in [4.78, 5) is 10.4. The Morgan fingerprint density at radius 3 is 1.26 bits per heavy atom. The maximum absolute atomic E-state index is 5.25. The van der Waals surface area contributed by atoms with E-state index in [2.05, 4.69) is 224 Å². The number of aromatic nitrogens is 2. The van der Waals surface area contributed by atoms with Crippen LogP contribution in [0.15, 0.2) is 231 Å². The van der Waals surface area contributed by atoms with Crippen LogP contribution in [0.5, 0.6) is 0 Å². The summed E-state index contributed by atoms with van der Waals surface area (Å²) in [6.45, 7) is 0. The van der Waals surface area contributed by atoms with E-state index in [9.17, 15) is 0 Å². The van der Waals surface area contributed by atoms with Gasteiger partial charge in [0.15, 0.2) is 5.82 Å². The second kappa shape index (κ2) is 14.1. The molecule has 284 valence electrons. The van der Waals surface area contributed by atoms with Crippen molar-refractivity contribution < 1.29 is 0 Å². The van der Waals surface area contributed by atoms with Crippen LogP contribution in [-0.4, -0.2) is 9.97 Å². The largest absolute Gasteiger partial charge is 0.228 e. The molecule has 10 aromatic rings. The van der Waals surface area contributed by atoms with Crippen molar-refractivity contribution in [1.82, 2.24) is 9.97 Å². The lowest BCUT2D eigenvalue weighted by atomic mass is 9.70. The normalized spacial score (nSPS) is 12.7. The van der Waals surface area contributed by atoms with E-state index >= 15 is 0 Å². The molecule has 61 heavy (non-hydrogen) atoms. The van der Waals surface area contributed by atoms with Gasteiger partial charge in [0, 0.05) is 16.7 Å². The molecule has 2 aliphatic rings. The molecule has 0 amide bonds. The molecule has 0 unspecified atom stereocenters. The Kier molecular flexibility index (Phi) is 8.11. The summed E-state index contributed by atoms with van der Waals surface area (Å²) in [6.07, 6.45) is 0. The van der Waals surface area contributed by atoms with Crippen molar-refractivity contribution in [2.75, 3.05) is 0 Å². The molecule has 1 spiro atoms. The minimum Gasteiger partial charge on any atom is -0.228 e. The molecule has 0 atom stereocenters. The smallest absolute Gasteiger partial charge is 0.160 e. The first-order chi connectivity index (χ1) is 30.2. The van der Waals surface area contributed by atoms with Crippen LogP contribution in [0.25, 0.3) is 89.5 Å². The lowest BCUT2D eigenvalue weighted by Crippen LogP contribution is -2.25. The Morgan fingerprint density at radius 1 is 0.230 bits per heavy atom. The Labute approximate surface area is 356 Å². The third-order valence-electron chi connectivity index (χ3n) is 12.7. The molecular weight excluding hydrogens is 737 g/mol. The molecule has 9 aromatic carbocycles. The van der Waals surface area contributed by atoms with E-state index in [0.29, 0.717) is 5.82 Å². The highest BCUT2D eigenvalue weighted by Crippen LogP contribution is 2.63. The molecule has 1 aromatic heterocycles. The molecule has 2 aliphatic carbocycles. The zero-order valence-electron chi connectivity index (χ0n) is 33.3. The van der Waals surface area contributed by atoms with Crippen molar-refractivity contribution in [3.05, 3.63) is 253 Å². The summed E-state index contributed by atoms with van der Waals surface area (Å²) in [6, 6.07) is 83.4. The van der Waals surface area contributed by atoms with Gasteiger partial charge in [-0.05, 0) is 102 Å². The van der Waals surface area contributed by atoms with Crippen molar-refractivity contribution in [1.29, 1.82) is 0 Å². The van der Waals surface area contributed by atoms with E-state index in [1.165, 1.54) is 66.8 Å². The molecular formula is C59H38N2. The molecule has 2 nitrogen and oxygen atoms in total. The van der Waals surface area contributed by atoms with E-state index < -0.39 is 5.41 Å². The Hall–Kier alpha value is -7.94. The first-order valence-corrected chi connectivity index (χ1v) is 21.0. The Morgan fingerprint density at radius 2 is 0.656 bits per heavy atom. The zero-order chi connectivity index (χ0) is 40.3. The fourth-order valence-corrected chi connectivity index (χ4v) is 10.0. The number of rotatable bonds is 6. The van der Waals surface area contributed by atoms with Crippen molar-refractivity contribution >= 4 is 0 Å². The van der Waals surface area contributed by atoms with Crippen LogP contribution in [-0.2, 0) is 5.41 Å². The summed E-state index contributed by atoms with van der Waals surface area (Å²) in [5.74, 6) is 0.693. The SMILES string of the molecule is c1ccc(-c2cccc(-c3cc(-c4ccccc4)nc(-c4ccc(-c5cc6c(cc5-c5ccccc5)-c5ccccc5C65c6ccccc6-c6ccccc65)cc4)n3)c2)cc1. The first kappa shape index (κ1) is 35.0. The van der Waals surface area contributed by atoms with Crippen LogP contribution in [0.2, 0.25) is 0 Å². The second-order valence-electron chi connectivity index (χ2n) is 16.0. The standard InChI is InChI=1S/C59H38N2/c1-4-17-39(18-5-1)44-23-16-24-45(35-44)57-38-56(42-21-8-3-9-22-42)60-58(61-57)43-33-31-41(32-34-43)50-37-55-51(36-49(50)40-19-6-2-7-20-40)48-27-12-15-30-54(48)59(55)52-28-13-10-25-46(52)47-26-11-14-29-53(47)59/h1-38H. The molecule has 0 N–H and O–H groups in total. The average Bonchev–Trinajstić information content (AvgIpc) is 3.81. The van der Waals surface area contributed by atoms with Crippen LogP contribution in [0.4, 0.5) is 0 Å². The van der Waals surface area contributed by atoms with E-state index in [1.807, 2.05) is 6.07 Å². The predicted octanol–water partition coefficient (Wildman–Crippen LogP) is 14.8. The van der Waals surface area contributed by atoms with Gasteiger partial charge in [0.2, 0.25) is 0 Å². The third-order valence-corrected chi connectivity index (χ3v) is 12.7. The molecule has 0 aliphatic heterocycles. The van der Waals surface area contributed by atoms with Gasteiger partial charge < -0.3 is 0 Å². The number of hydrogen-bond donors (Lipinski definition) is 0. The summed E-state index contributed by atoms with van der Waals surface area (Å²) >= 11 is 0.